The zero-order chi connectivity index (χ0) is 12.4. The highest BCUT2D eigenvalue weighted by atomic mass is 16.2. The van der Waals surface area contributed by atoms with Gasteiger partial charge in [-0.1, -0.05) is 13.3 Å². The van der Waals surface area contributed by atoms with Crippen molar-refractivity contribution in [2.75, 3.05) is 13.1 Å². The Morgan fingerprint density at radius 2 is 2.41 bits per heavy atom. The molecule has 2 N–H and O–H groups in total. The fraction of sp³-hybridized carbons (Fsp3) is 0.667. The molecule has 0 radical (unpaired) electrons. The van der Waals surface area contributed by atoms with Crippen LogP contribution in [0.15, 0.2) is 12.4 Å². The molecule has 0 saturated carbocycles. The normalized spacial score (nSPS) is 25.0. The van der Waals surface area contributed by atoms with Gasteiger partial charge in [0.15, 0.2) is 5.82 Å². The summed E-state index contributed by atoms with van der Waals surface area (Å²) in [5, 5.41) is 0. The monoisotopic (exact) mass is 236 g/mol. The summed E-state index contributed by atoms with van der Waals surface area (Å²) < 4.78 is 1.76. The lowest BCUT2D eigenvalue weighted by Crippen LogP contribution is -2.49. The fourth-order valence-electron chi connectivity index (χ4n) is 2.38. The van der Waals surface area contributed by atoms with Crippen LogP contribution >= 0.6 is 0 Å². The second-order valence-electron chi connectivity index (χ2n) is 4.73. The highest BCUT2D eigenvalue weighted by Gasteiger charge is 2.29. The van der Waals surface area contributed by atoms with Crippen LogP contribution in [-0.4, -0.2) is 39.5 Å². The van der Waals surface area contributed by atoms with E-state index in [-0.39, 0.29) is 11.9 Å². The van der Waals surface area contributed by atoms with Crippen molar-refractivity contribution >= 4 is 5.91 Å². The molecule has 0 bridgehead atoms. The van der Waals surface area contributed by atoms with Crippen molar-refractivity contribution in [2.45, 2.75) is 25.8 Å². The number of carbonyl (C=O) groups is 1. The maximum absolute atomic E-state index is 12.3. The molecule has 0 aromatic carbocycles. The van der Waals surface area contributed by atoms with Gasteiger partial charge in [0, 0.05) is 38.6 Å². The third kappa shape index (κ3) is 2.34. The van der Waals surface area contributed by atoms with Crippen LogP contribution < -0.4 is 5.73 Å². The molecule has 5 nitrogen and oxygen atoms in total. The van der Waals surface area contributed by atoms with Crippen molar-refractivity contribution in [3.63, 3.8) is 0 Å². The van der Waals surface area contributed by atoms with E-state index in [1.54, 1.807) is 17.0 Å². The Hall–Kier alpha value is -1.36. The summed E-state index contributed by atoms with van der Waals surface area (Å²) >= 11 is 0. The molecule has 0 spiro atoms. The highest BCUT2D eigenvalue weighted by Crippen LogP contribution is 2.19. The molecule has 5 heteroatoms. The molecule has 1 aliphatic rings. The quantitative estimate of drug-likeness (QED) is 0.818. The van der Waals surface area contributed by atoms with Gasteiger partial charge in [-0.15, -0.1) is 0 Å². The summed E-state index contributed by atoms with van der Waals surface area (Å²) in [5.41, 5.74) is 6.04. The van der Waals surface area contributed by atoms with Crippen LogP contribution in [0.5, 0.6) is 0 Å². The third-order valence-electron chi connectivity index (χ3n) is 3.62. The van der Waals surface area contributed by atoms with E-state index in [0.29, 0.717) is 11.7 Å². The number of likely N-dealkylation sites (tertiary alicyclic amines) is 1. The Labute approximate surface area is 102 Å². The van der Waals surface area contributed by atoms with Crippen molar-refractivity contribution in [1.29, 1.82) is 0 Å². The topological polar surface area (TPSA) is 64.2 Å². The number of carbonyl (C=O) groups excluding carboxylic acids is 1. The van der Waals surface area contributed by atoms with Gasteiger partial charge in [0.05, 0.1) is 0 Å². The molecule has 0 aliphatic carbocycles. The first-order valence-corrected chi connectivity index (χ1v) is 6.15. The predicted octanol–water partition coefficient (Wildman–Crippen LogP) is 0.620. The van der Waals surface area contributed by atoms with E-state index in [9.17, 15) is 4.79 Å². The van der Waals surface area contributed by atoms with Crippen LogP contribution in [0.3, 0.4) is 0 Å². The largest absolute Gasteiger partial charge is 0.336 e. The molecule has 2 unspecified atom stereocenters. The lowest BCUT2D eigenvalue weighted by atomic mass is 9.90. The van der Waals surface area contributed by atoms with E-state index < -0.39 is 0 Å². The van der Waals surface area contributed by atoms with Gasteiger partial charge in [0.1, 0.15) is 0 Å². The van der Waals surface area contributed by atoms with Gasteiger partial charge >= 0.3 is 0 Å². The van der Waals surface area contributed by atoms with Crippen molar-refractivity contribution in [3.05, 3.63) is 18.2 Å². The maximum atomic E-state index is 12.3. The lowest BCUT2D eigenvalue weighted by Gasteiger charge is -2.36. The SMILES string of the molecule is CCC1CN(C(=O)c2nccn2C)CCC1N. The molecule has 1 fully saturated rings. The second-order valence-corrected chi connectivity index (χ2v) is 4.73. The Kier molecular flexibility index (Phi) is 3.47. The number of hydrogen-bond acceptors (Lipinski definition) is 3. The summed E-state index contributed by atoms with van der Waals surface area (Å²) in [5.74, 6) is 0.936. The van der Waals surface area contributed by atoms with Gasteiger partial charge in [-0.2, -0.15) is 0 Å². The van der Waals surface area contributed by atoms with E-state index in [1.807, 2.05) is 11.9 Å². The number of hydrogen-bond donors (Lipinski definition) is 1. The van der Waals surface area contributed by atoms with Gasteiger partial charge in [0.2, 0.25) is 0 Å². The summed E-state index contributed by atoms with van der Waals surface area (Å²) in [7, 11) is 1.84. The van der Waals surface area contributed by atoms with Gasteiger partial charge in [0.25, 0.3) is 5.91 Å². The smallest absolute Gasteiger partial charge is 0.289 e. The van der Waals surface area contributed by atoms with E-state index >= 15 is 0 Å². The number of nitrogens with two attached hydrogens (primary N) is 1. The minimum Gasteiger partial charge on any atom is -0.336 e. The zero-order valence-electron chi connectivity index (χ0n) is 10.5. The molecule has 2 rings (SSSR count). The Morgan fingerprint density at radius 3 is 3.00 bits per heavy atom. The molecule has 1 aliphatic heterocycles. The van der Waals surface area contributed by atoms with E-state index in [4.69, 9.17) is 5.73 Å². The number of nitrogens with zero attached hydrogens (tertiary/aromatic N) is 3. The van der Waals surface area contributed by atoms with Crippen molar-refractivity contribution in [3.8, 4) is 0 Å². The summed E-state index contributed by atoms with van der Waals surface area (Å²) in [6.07, 6.45) is 5.35. The summed E-state index contributed by atoms with van der Waals surface area (Å²) in [4.78, 5) is 18.2. The molecule has 17 heavy (non-hydrogen) atoms. The van der Waals surface area contributed by atoms with Crippen molar-refractivity contribution in [2.24, 2.45) is 18.7 Å². The van der Waals surface area contributed by atoms with Crippen LogP contribution in [-0.2, 0) is 7.05 Å². The predicted molar refractivity (Wildman–Crippen MR) is 65.5 cm³/mol. The van der Waals surface area contributed by atoms with Gasteiger partial charge in [-0.05, 0) is 12.3 Å². The lowest BCUT2D eigenvalue weighted by molar-refractivity contribution is 0.0633. The van der Waals surface area contributed by atoms with Gasteiger partial charge < -0.3 is 15.2 Å². The van der Waals surface area contributed by atoms with E-state index in [0.717, 1.165) is 25.9 Å². The van der Waals surface area contributed by atoms with E-state index in [1.165, 1.54) is 0 Å². The molecule has 94 valence electrons. The number of piperidine rings is 1. The van der Waals surface area contributed by atoms with E-state index in [2.05, 4.69) is 11.9 Å². The molecule has 1 aromatic rings. The Morgan fingerprint density at radius 1 is 1.65 bits per heavy atom. The van der Waals surface area contributed by atoms with Crippen molar-refractivity contribution < 1.29 is 4.79 Å². The average molecular weight is 236 g/mol. The number of aryl methyl sites for hydroxylation is 1. The minimum absolute atomic E-state index is 0.0165. The van der Waals surface area contributed by atoms with Gasteiger partial charge in [-0.25, -0.2) is 4.98 Å². The second kappa shape index (κ2) is 4.87. The zero-order valence-corrected chi connectivity index (χ0v) is 10.5. The molecular weight excluding hydrogens is 216 g/mol. The fourth-order valence-corrected chi connectivity index (χ4v) is 2.38. The first kappa shape index (κ1) is 12.1. The molecule has 1 saturated heterocycles. The summed E-state index contributed by atoms with van der Waals surface area (Å²) in [6.45, 7) is 3.62. The van der Waals surface area contributed by atoms with Crippen molar-refractivity contribution in [1.82, 2.24) is 14.5 Å². The number of imidazole rings is 1. The molecule has 1 amide bonds. The van der Waals surface area contributed by atoms with Crippen LogP contribution in [0.1, 0.15) is 30.4 Å². The molecule has 2 heterocycles. The maximum Gasteiger partial charge on any atom is 0.289 e. The third-order valence-corrected chi connectivity index (χ3v) is 3.62. The van der Waals surface area contributed by atoms with Crippen LogP contribution in [0.2, 0.25) is 0 Å². The number of aromatic nitrogens is 2. The Balaban J connectivity index is 2.09. The first-order valence-electron chi connectivity index (χ1n) is 6.15. The van der Waals surface area contributed by atoms with Crippen LogP contribution in [0.4, 0.5) is 0 Å². The molecule has 1 aromatic heterocycles. The van der Waals surface area contributed by atoms with Crippen LogP contribution in [0, 0.1) is 5.92 Å². The standard InChI is InChI=1S/C12H20N4O/c1-3-9-8-16(6-4-10(9)13)12(17)11-14-5-7-15(11)2/h5,7,9-10H,3-4,6,8,13H2,1-2H3. The molecular formula is C12H20N4O. The number of amides is 1. The Bertz CT molecular complexity index is 401. The number of rotatable bonds is 2. The molecule has 2 atom stereocenters. The first-order chi connectivity index (χ1) is 8.13. The summed E-state index contributed by atoms with van der Waals surface area (Å²) in [6, 6.07) is 0.227. The highest BCUT2D eigenvalue weighted by molar-refractivity contribution is 5.90. The average Bonchev–Trinajstić information content (AvgIpc) is 2.75. The minimum atomic E-state index is 0.0165. The van der Waals surface area contributed by atoms with Gasteiger partial charge in [-0.3, -0.25) is 4.79 Å². The van der Waals surface area contributed by atoms with Crippen LogP contribution in [0.25, 0.3) is 0 Å².